The quantitative estimate of drug-likeness (QED) is 0.123. The molecule has 13 nitrogen and oxygen atoms in total. The normalized spacial score (nSPS) is 27.7. The van der Waals surface area contributed by atoms with Crippen molar-refractivity contribution in [2.24, 2.45) is 23.2 Å². The van der Waals surface area contributed by atoms with Crippen LogP contribution in [0.2, 0.25) is 5.02 Å². The molecule has 2 amide bonds. The lowest BCUT2D eigenvalue weighted by atomic mass is 9.85. The van der Waals surface area contributed by atoms with Crippen LogP contribution in [0.15, 0.2) is 36.2 Å². The number of methoxy groups -OCH3 is 1. The zero-order valence-corrected chi connectivity index (χ0v) is 34.6. The summed E-state index contributed by atoms with van der Waals surface area (Å²) >= 11 is 8.33. The number of carboxylic acids is 1. The summed E-state index contributed by atoms with van der Waals surface area (Å²) in [6, 6.07) is 3.76. The van der Waals surface area contributed by atoms with Crippen molar-refractivity contribution in [3.8, 4) is 22.9 Å². The van der Waals surface area contributed by atoms with Crippen molar-refractivity contribution in [1.29, 1.82) is 0 Å². The number of hydrogen-bond donors (Lipinski definition) is 4. The molecule has 3 saturated carbocycles. The number of aliphatic carboxylic acids is 1. The molecule has 2 unspecified atom stereocenters. The van der Waals surface area contributed by atoms with Crippen LogP contribution in [-0.4, -0.2) is 93.5 Å². The first-order chi connectivity index (χ1) is 26.5. The second kappa shape index (κ2) is 15.3. The van der Waals surface area contributed by atoms with Gasteiger partial charge in [-0.3, -0.25) is 14.9 Å². The number of halogens is 1. The van der Waals surface area contributed by atoms with Gasteiger partial charge >= 0.3 is 12.1 Å². The lowest BCUT2D eigenvalue weighted by Gasteiger charge is -2.38. The van der Waals surface area contributed by atoms with E-state index in [4.69, 9.17) is 35.8 Å². The Morgan fingerprint density at radius 1 is 1.07 bits per heavy atom. The Morgan fingerprint density at radius 2 is 1.80 bits per heavy atom. The number of benzene rings is 1. The van der Waals surface area contributed by atoms with E-state index in [1.54, 1.807) is 24.2 Å². The Bertz CT molecular complexity index is 2010. The SMILES string of the molecule is C=CC1C[C@]1(NC(C)[C@@H]1C[C@@H](Oc2cc(-c3csc(NC(C)C)n3)nc3c(Cl)c(OC)ccc23)CN1C(=O)[C@@H](NC(=O)O[C@@H]1C[C@@H]2C[C@@H]2C1)C(C)(C)C)C(=O)O. The van der Waals surface area contributed by atoms with Gasteiger partial charge in [-0.15, -0.1) is 17.9 Å². The van der Waals surface area contributed by atoms with Crippen LogP contribution >= 0.6 is 22.9 Å². The number of likely N-dealkylation sites (tertiary alicyclic amines) is 1. The summed E-state index contributed by atoms with van der Waals surface area (Å²) in [6.07, 6.45) is 4.10. The zero-order valence-electron chi connectivity index (χ0n) is 33.1. The number of pyridine rings is 1. The average Bonchev–Trinajstić information content (AvgIpc) is 3.80. The third-order valence-electron chi connectivity index (χ3n) is 11.7. The highest BCUT2D eigenvalue weighted by Gasteiger charge is 2.60. The molecule has 0 bridgehead atoms. The molecule has 1 saturated heterocycles. The summed E-state index contributed by atoms with van der Waals surface area (Å²) in [5, 5.41) is 23.5. The van der Waals surface area contributed by atoms with Gasteiger partial charge in [-0.1, -0.05) is 38.4 Å². The van der Waals surface area contributed by atoms with Gasteiger partial charge < -0.3 is 34.9 Å². The molecular weight excluding hydrogens is 756 g/mol. The van der Waals surface area contributed by atoms with E-state index in [9.17, 15) is 19.5 Å². The first-order valence-electron chi connectivity index (χ1n) is 19.5. The van der Waals surface area contributed by atoms with Crippen LogP contribution in [0, 0.1) is 23.2 Å². The minimum atomic E-state index is -1.18. The number of fused-ring (bicyclic) bond motifs is 2. The number of carbonyl (C=O) groups is 3. The number of alkyl carbamates (subject to hydrolysis) is 1. The zero-order chi connectivity index (χ0) is 40.3. The van der Waals surface area contributed by atoms with Crippen molar-refractivity contribution in [3.05, 3.63) is 41.3 Å². The average molecular weight is 809 g/mol. The fourth-order valence-corrected chi connectivity index (χ4v) is 9.68. The molecule has 15 heteroatoms. The third kappa shape index (κ3) is 8.02. The number of anilines is 1. The maximum absolute atomic E-state index is 14.8. The van der Waals surface area contributed by atoms with Gasteiger partial charge in [0.25, 0.3) is 0 Å². The minimum Gasteiger partial charge on any atom is -0.495 e. The number of ether oxygens (including phenoxy) is 3. The van der Waals surface area contributed by atoms with Gasteiger partial charge in [-0.2, -0.15) is 0 Å². The Balaban J connectivity index is 1.20. The molecule has 302 valence electrons. The van der Waals surface area contributed by atoms with Crippen LogP contribution < -0.4 is 25.4 Å². The topological polar surface area (TPSA) is 164 Å². The van der Waals surface area contributed by atoms with Crippen molar-refractivity contribution >= 4 is 56.9 Å². The molecule has 3 aliphatic carbocycles. The molecule has 0 spiro atoms. The van der Waals surface area contributed by atoms with E-state index >= 15 is 0 Å². The van der Waals surface area contributed by atoms with Gasteiger partial charge in [0.15, 0.2) is 5.13 Å². The number of aromatic nitrogens is 2. The third-order valence-corrected chi connectivity index (χ3v) is 12.9. The molecule has 4 aliphatic rings. The Morgan fingerprint density at radius 3 is 2.43 bits per heavy atom. The smallest absolute Gasteiger partial charge is 0.408 e. The molecule has 1 aliphatic heterocycles. The number of nitrogens with zero attached hydrogens (tertiary/aromatic N) is 3. The molecule has 2 aromatic heterocycles. The number of nitrogens with one attached hydrogen (secondary N) is 3. The first-order valence-corrected chi connectivity index (χ1v) is 20.7. The van der Waals surface area contributed by atoms with Crippen LogP contribution in [0.4, 0.5) is 9.93 Å². The van der Waals surface area contributed by atoms with Gasteiger partial charge in [-0.05, 0) is 75.8 Å². The number of carboxylic acid groups (broad SMARTS) is 1. The summed E-state index contributed by atoms with van der Waals surface area (Å²) in [7, 11) is 1.54. The van der Waals surface area contributed by atoms with E-state index in [0.29, 0.717) is 63.5 Å². The van der Waals surface area contributed by atoms with E-state index in [2.05, 4.69) is 22.5 Å². The van der Waals surface area contributed by atoms with E-state index in [1.165, 1.54) is 17.8 Å². The number of hydrogen-bond acceptors (Lipinski definition) is 11. The predicted molar refractivity (Wildman–Crippen MR) is 216 cm³/mol. The largest absolute Gasteiger partial charge is 0.495 e. The van der Waals surface area contributed by atoms with E-state index in [-0.39, 0.29) is 30.5 Å². The monoisotopic (exact) mass is 808 g/mol. The molecule has 56 heavy (non-hydrogen) atoms. The van der Waals surface area contributed by atoms with Crippen molar-refractivity contribution in [3.63, 3.8) is 0 Å². The predicted octanol–water partition coefficient (Wildman–Crippen LogP) is 7.14. The number of amides is 2. The first kappa shape index (κ1) is 40.1. The van der Waals surface area contributed by atoms with E-state index in [1.807, 2.05) is 59.1 Å². The second-order valence-electron chi connectivity index (χ2n) is 17.3. The summed E-state index contributed by atoms with van der Waals surface area (Å²) < 4.78 is 18.2. The standard InChI is InChI=1S/C41H53ClN6O7S/c1-9-24-17-41(24,37(50)51)47-21(4)30-15-26(18-48(30)36(49)35(40(5,6)7)46-39(52)55-25-13-22-12-23(22)14-25)54-32-16-28(29-19-56-38(45-29)43-20(2)3)44-34-27(32)10-11-31(53-8)33(34)42/h9-11,16,19-26,30,35,47H,1,12-15,17-18H2,2-8H3,(H,43,45)(H,46,52)(H,50,51)/t21?,22-,23+,24?,25+,26-,30+,35-,41-/m1/s1. The van der Waals surface area contributed by atoms with E-state index in [0.717, 1.165) is 18.0 Å². The maximum Gasteiger partial charge on any atom is 0.408 e. The van der Waals surface area contributed by atoms with Crippen LogP contribution in [0.25, 0.3) is 22.3 Å². The van der Waals surface area contributed by atoms with Crippen molar-refractivity contribution in [2.75, 3.05) is 19.0 Å². The Hall–Kier alpha value is -4.14. The summed E-state index contributed by atoms with van der Waals surface area (Å²) in [5.41, 5.74) is -0.182. The van der Waals surface area contributed by atoms with Crippen molar-refractivity contribution < 1.29 is 33.7 Å². The van der Waals surface area contributed by atoms with Crippen LogP contribution in [0.3, 0.4) is 0 Å². The molecule has 3 aromatic rings. The number of thiazole rings is 1. The summed E-state index contributed by atoms with van der Waals surface area (Å²) in [4.78, 5) is 52.1. The van der Waals surface area contributed by atoms with Gasteiger partial charge in [0.2, 0.25) is 5.91 Å². The van der Waals surface area contributed by atoms with Gasteiger partial charge in [0.1, 0.15) is 46.0 Å². The van der Waals surface area contributed by atoms with Gasteiger partial charge in [0.05, 0.1) is 30.9 Å². The maximum atomic E-state index is 14.8. The molecule has 9 atom stereocenters. The Labute approximate surface area is 336 Å². The highest BCUT2D eigenvalue weighted by molar-refractivity contribution is 7.14. The van der Waals surface area contributed by atoms with Gasteiger partial charge in [0, 0.05) is 41.3 Å². The molecule has 3 heterocycles. The van der Waals surface area contributed by atoms with Gasteiger partial charge in [-0.25, -0.2) is 14.8 Å². The van der Waals surface area contributed by atoms with Crippen molar-refractivity contribution in [1.82, 2.24) is 25.5 Å². The fraction of sp³-hybridized carbons (Fsp3) is 0.585. The molecule has 1 aromatic carbocycles. The van der Waals surface area contributed by atoms with Crippen LogP contribution in [0.1, 0.15) is 73.6 Å². The Kier molecular flexibility index (Phi) is 11.0. The summed E-state index contributed by atoms with van der Waals surface area (Å²) in [6.45, 7) is 15.7. The highest BCUT2D eigenvalue weighted by Crippen LogP contribution is 2.52. The summed E-state index contributed by atoms with van der Waals surface area (Å²) in [5.74, 6) is 0.730. The number of rotatable bonds is 14. The molecular formula is C41H53ClN6O7S. The lowest BCUT2D eigenvalue weighted by molar-refractivity contribution is -0.141. The van der Waals surface area contributed by atoms with Crippen LogP contribution in [0.5, 0.6) is 11.5 Å². The lowest BCUT2D eigenvalue weighted by Crippen LogP contribution is -2.60. The highest BCUT2D eigenvalue weighted by atomic mass is 35.5. The number of carbonyl (C=O) groups excluding carboxylic acids is 2. The molecule has 4 N–H and O–H groups in total. The minimum absolute atomic E-state index is 0.143. The molecule has 7 rings (SSSR count). The fourth-order valence-electron chi connectivity index (χ4n) is 8.54. The molecule has 4 fully saturated rings. The van der Waals surface area contributed by atoms with Crippen molar-refractivity contribution in [2.45, 2.75) is 116 Å². The molecule has 0 radical (unpaired) electrons. The van der Waals surface area contributed by atoms with Crippen LogP contribution in [-0.2, 0) is 14.3 Å². The van der Waals surface area contributed by atoms with E-state index < -0.39 is 47.2 Å². The second-order valence-corrected chi connectivity index (χ2v) is 18.5.